The van der Waals surface area contributed by atoms with Crippen LogP contribution in [0.15, 0.2) is 42.5 Å². The minimum Gasteiger partial charge on any atom is -0.488 e. The number of hydrogen-bond acceptors (Lipinski definition) is 3. The predicted molar refractivity (Wildman–Crippen MR) is 70.7 cm³/mol. The molecule has 0 aliphatic carbocycles. The monoisotopic (exact) mass is 252 g/mol. The van der Waals surface area contributed by atoms with Gasteiger partial charge in [-0.05, 0) is 25.1 Å². The van der Waals surface area contributed by atoms with Gasteiger partial charge in [0.1, 0.15) is 12.4 Å². The minimum absolute atomic E-state index is 0.0619. The van der Waals surface area contributed by atoms with Crippen molar-refractivity contribution in [3.8, 4) is 5.75 Å². The van der Waals surface area contributed by atoms with E-state index in [0.717, 1.165) is 5.56 Å². The van der Waals surface area contributed by atoms with E-state index in [-0.39, 0.29) is 11.6 Å². The van der Waals surface area contributed by atoms with E-state index >= 15 is 0 Å². The summed E-state index contributed by atoms with van der Waals surface area (Å²) in [6, 6.07) is 12.4. The maximum Gasteiger partial charge on any atom is 0.197 e. The molecule has 19 heavy (non-hydrogen) atoms. The topological polar surface area (TPSA) is 43.4 Å². The first-order valence-electron chi connectivity index (χ1n) is 6.07. The van der Waals surface area contributed by atoms with Crippen LogP contribution in [0.25, 0.3) is 0 Å². The Bertz CT molecular complexity index is 686. The van der Waals surface area contributed by atoms with Gasteiger partial charge in [0, 0.05) is 16.7 Å². The van der Waals surface area contributed by atoms with Crippen LogP contribution in [0.2, 0.25) is 0 Å². The molecule has 0 N–H and O–H groups in total. The van der Waals surface area contributed by atoms with Crippen LogP contribution in [0.4, 0.5) is 0 Å². The second-order valence-electron chi connectivity index (χ2n) is 4.54. The second kappa shape index (κ2) is 4.35. The van der Waals surface area contributed by atoms with E-state index in [2.05, 4.69) is 0 Å². The Hall–Kier alpha value is -2.42. The molecule has 0 bridgehead atoms. The summed E-state index contributed by atoms with van der Waals surface area (Å²) in [7, 11) is 0. The lowest BCUT2D eigenvalue weighted by molar-refractivity contribution is 0.101. The zero-order chi connectivity index (χ0) is 13.4. The molecule has 1 aliphatic rings. The molecule has 2 aromatic carbocycles. The van der Waals surface area contributed by atoms with Crippen LogP contribution in [0.1, 0.15) is 38.8 Å². The third-order valence-corrected chi connectivity index (χ3v) is 3.28. The molecule has 0 atom stereocenters. The standard InChI is InChI=1S/C16H12O3/c1-10(17)11-6-7-15-14(8-11)16(18)13-5-3-2-4-12(13)9-19-15/h2-8H,9H2,1H3. The number of benzene rings is 2. The number of ketones is 2. The van der Waals surface area contributed by atoms with Gasteiger partial charge in [0.05, 0.1) is 5.56 Å². The highest BCUT2D eigenvalue weighted by molar-refractivity contribution is 6.13. The Morgan fingerprint density at radius 1 is 1.11 bits per heavy atom. The summed E-state index contributed by atoms with van der Waals surface area (Å²) in [6.45, 7) is 1.85. The number of carbonyl (C=O) groups excluding carboxylic acids is 2. The Morgan fingerprint density at radius 3 is 2.68 bits per heavy atom. The zero-order valence-corrected chi connectivity index (χ0v) is 10.5. The Labute approximate surface area is 110 Å². The van der Waals surface area contributed by atoms with Crippen LogP contribution in [0.5, 0.6) is 5.75 Å². The maximum atomic E-state index is 12.5. The third-order valence-electron chi connectivity index (χ3n) is 3.28. The van der Waals surface area contributed by atoms with E-state index in [0.29, 0.717) is 29.0 Å². The highest BCUT2D eigenvalue weighted by Gasteiger charge is 2.22. The summed E-state index contributed by atoms with van der Waals surface area (Å²) in [6.07, 6.45) is 0. The molecule has 0 aromatic heterocycles. The van der Waals surface area contributed by atoms with Crippen molar-refractivity contribution in [1.82, 2.24) is 0 Å². The first-order valence-corrected chi connectivity index (χ1v) is 6.07. The molecular formula is C16H12O3. The molecule has 0 unspecified atom stereocenters. The van der Waals surface area contributed by atoms with Crippen LogP contribution in [-0.4, -0.2) is 11.6 Å². The van der Waals surface area contributed by atoms with Gasteiger partial charge in [0.15, 0.2) is 11.6 Å². The lowest BCUT2D eigenvalue weighted by Gasteiger charge is -2.06. The number of ether oxygens (including phenoxy) is 1. The maximum absolute atomic E-state index is 12.5. The van der Waals surface area contributed by atoms with Crippen LogP contribution in [0.3, 0.4) is 0 Å². The highest BCUT2D eigenvalue weighted by atomic mass is 16.5. The summed E-state index contributed by atoms with van der Waals surface area (Å²) in [5.74, 6) is 0.380. The zero-order valence-electron chi connectivity index (χ0n) is 10.5. The fraction of sp³-hybridized carbons (Fsp3) is 0.125. The molecular weight excluding hydrogens is 240 g/mol. The average Bonchev–Trinajstić information content (AvgIpc) is 2.57. The van der Waals surface area contributed by atoms with Crippen molar-refractivity contribution >= 4 is 11.6 Å². The van der Waals surface area contributed by atoms with Crippen LogP contribution in [0, 0.1) is 0 Å². The lowest BCUT2D eigenvalue weighted by atomic mass is 9.97. The van der Waals surface area contributed by atoms with Gasteiger partial charge >= 0.3 is 0 Å². The molecule has 1 aliphatic heterocycles. The van der Waals surface area contributed by atoms with Gasteiger partial charge in [0.25, 0.3) is 0 Å². The van der Waals surface area contributed by atoms with Crippen LogP contribution < -0.4 is 4.74 Å². The van der Waals surface area contributed by atoms with E-state index < -0.39 is 0 Å². The van der Waals surface area contributed by atoms with Gasteiger partial charge in [-0.1, -0.05) is 24.3 Å². The quantitative estimate of drug-likeness (QED) is 0.733. The number of hydrogen-bond donors (Lipinski definition) is 0. The fourth-order valence-electron chi connectivity index (χ4n) is 2.22. The molecule has 0 spiro atoms. The average molecular weight is 252 g/mol. The van der Waals surface area contributed by atoms with Crippen molar-refractivity contribution in [2.75, 3.05) is 0 Å². The summed E-state index contributed by atoms with van der Waals surface area (Å²) >= 11 is 0. The second-order valence-corrected chi connectivity index (χ2v) is 4.54. The molecule has 0 saturated heterocycles. The Balaban J connectivity index is 2.18. The van der Waals surface area contributed by atoms with Crippen molar-refractivity contribution in [2.24, 2.45) is 0 Å². The molecule has 0 saturated carbocycles. The predicted octanol–water partition coefficient (Wildman–Crippen LogP) is 3.01. The molecule has 2 aromatic rings. The van der Waals surface area contributed by atoms with Crippen molar-refractivity contribution in [1.29, 1.82) is 0 Å². The SMILES string of the molecule is CC(=O)c1ccc2c(c1)C(=O)c1ccccc1CO2. The Kier molecular flexibility index (Phi) is 2.67. The van der Waals surface area contributed by atoms with Crippen molar-refractivity contribution < 1.29 is 14.3 Å². The largest absolute Gasteiger partial charge is 0.488 e. The van der Waals surface area contributed by atoms with E-state index in [1.165, 1.54) is 6.92 Å². The van der Waals surface area contributed by atoms with Crippen molar-refractivity contribution in [3.05, 3.63) is 64.7 Å². The molecule has 3 nitrogen and oxygen atoms in total. The minimum atomic E-state index is -0.0915. The molecule has 1 heterocycles. The van der Waals surface area contributed by atoms with E-state index in [1.807, 2.05) is 18.2 Å². The summed E-state index contributed by atoms with van der Waals surface area (Å²) < 4.78 is 5.65. The summed E-state index contributed by atoms with van der Waals surface area (Å²) in [5, 5.41) is 0. The van der Waals surface area contributed by atoms with E-state index in [9.17, 15) is 9.59 Å². The van der Waals surface area contributed by atoms with Crippen molar-refractivity contribution in [2.45, 2.75) is 13.5 Å². The number of rotatable bonds is 1. The summed E-state index contributed by atoms with van der Waals surface area (Å²) in [5.41, 5.74) is 2.49. The number of carbonyl (C=O) groups is 2. The molecule has 0 radical (unpaired) electrons. The molecule has 3 rings (SSSR count). The lowest BCUT2D eigenvalue weighted by Crippen LogP contribution is -2.04. The third kappa shape index (κ3) is 1.93. The molecule has 0 amide bonds. The van der Waals surface area contributed by atoms with Crippen LogP contribution in [-0.2, 0) is 6.61 Å². The normalized spacial score (nSPS) is 13.0. The van der Waals surface area contributed by atoms with Crippen molar-refractivity contribution in [3.63, 3.8) is 0 Å². The van der Waals surface area contributed by atoms with Gasteiger partial charge in [-0.15, -0.1) is 0 Å². The van der Waals surface area contributed by atoms with Gasteiger partial charge < -0.3 is 4.74 Å². The molecule has 3 heteroatoms. The van der Waals surface area contributed by atoms with Gasteiger partial charge in [0.2, 0.25) is 0 Å². The summed E-state index contributed by atoms with van der Waals surface area (Å²) in [4.78, 5) is 23.9. The number of fused-ring (bicyclic) bond motifs is 2. The van der Waals surface area contributed by atoms with E-state index in [4.69, 9.17) is 4.74 Å². The van der Waals surface area contributed by atoms with Crippen LogP contribution >= 0.6 is 0 Å². The fourth-order valence-corrected chi connectivity index (χ4v) is 2.22. The first-order chi connectivity index (χ1) is 9.16. The van der Waals surface area contributed by atoms with Gasteiger partial charge in [-0.2, -0.15) is 0 Å². The Morgan fingerprint density at radius 2 is 1.89 bits per heavy atom. The molecule has 0 fully saturated rings. The molecule has 94 valence electrons. The number of Topliss-reactive ketones (excluding diaryl/α,β-unsaturated/α-hetero) is 1. The smallest absolute Gasteiger partial charge is 0.197 e. The van der Waals surface area contributed by atoms with Gasteiger partial charge in [-0.25, -0.2) is 0 Å². The first kappa shape index (κ1) is 11.7. The van der Waals surface area contributed by atoms with Gasteiger partial charge in [-0.3, -0.25) is 9.59 Å². The highest BCUT2D eigenvalue weighted by Crippen LogP contribution is 2.29. The van der Waals surface area contributed by atoms with E-state index in [1.54, 1.807) is 24.3 Å².